The molecule has 0 radical (unpaired) electrons. The summed E-state index contributed by atoms with van der Waals surface area (Å²) in [6.07, 6.45) is 1.01. The first-order valence-corrected chi connectivity index (χ1v) is 7.64. The van der Waals surface area contributed by atoms with Crippen LogP contribution in [0, 0.1) is 11.8 Å². The highest BCUT2D eigenvalue weighted by Crippen LogP contribution is 2.27. The number of hydrogen-bond donors (Lipinski definition) is 1. The molecule has 1 aromatic rings. The van der Waals surface area contributed by atoms with E-state index in [4.69, 9.17) is 17.3 Å². The zero-order valence-corrected chi connectivity index (χ0v) is 13.2. The maximum Gasteiger partial charge on any atom is 0.255 e. The molecule has 1 heterocycles. The number of amides is 1. The molecule has 3 nitrogen and oxygen atoms in total. The minimum Gasteiger partial charge on any atom is -0.338 e. The number of likely N-dealkylation sites (tertiary alicyclic amines) is 1. The second-order valence-electron chi connectivity index (χ2n) is 5.14. The van der Waals surface area contributed by atoms with Gasteiger partial charge in [0.2, 0.25) is 0 Å². The molecule has 0 spiro atoms. The highest BCUT2D eigenvalue weighted by atomic mass is 79.9. The second-order valence-corrected chi connectivity index (χ2v) is 6.43. The lowest BCUT2D eigenvalue weighted by molar-refractivity contribution is 0.0617. The summed E-state index contributed by atoms with van der Waals surface area (Å²) >= 11 is 9.30. The minimum atomic E-state index is 0.0499. The van der Waals surface area contributed by atoms with Gasteiger partial charge in [-0.05, 0) is 58.9 Å². The van der Waals surface area contributed by atoms with E-state index < -0.39 is 0 Å². The Hall–Kier alpha value is -0.580. The molecule has 2 N–H and O–H groups in total. The summed E-state index contributed by atoms with van der Waals surface area (Å²) in [4.78, 5) is 14.4. The normalized spacial score (nSPS) is 23.5. The molecule has 1 aliphatic heterocycles. The molecule has 0 aromatic heterocycles. The first kappa shape index (κ1) is 14.8. The van der Waals surface area contributed by atoms with Crippen LogP contribution in [0.25, 0.3) is 0 Å². The fraction of sp³-hybridized carbons (Fsp3) is 0.500. The largest absolute Gasteiger partial charge is 0.338 e. The predicted molar refractivity (Wildman–Crippen MR) is 81.4 cm³/mol. The van der Waals surface area contributed by atoms with Crippen molar-refractivity contribution in [1.82, 2.24) is 4.90 Å². The Morgan fingerprint density at radius 2 is 2.32 bits per heavy atom. The molecule has 19 heavy (non-hydrogen) atoms. The summed E-state index contributed by atoms with van der Waals surface area (Å²) in [6.45, 7) is 4.38. The maximum atomic E-state index is 12.5. The van der Waals surface area contributed by atoms with E-state index in [0.717, 1.165) is 24.0 Å². The van der Waals surface area contributed by atoms with Gasteiger partial charge in [0.15, 0.2) is 0 Å². The molecular weight excluding hydrogens is 328 g/mol. The monoisotopic (exact) mass is 344 g/mol. The van der Waals surface area contributed by atoms with E-state index in [2.05, 4.69) is 22.9 Å². The van der Waals surface area contributed by atoms with Crippen LogP contribution in [-0.4, -0.2) is 30.4 Å². The molecule has 0 aliphatic carbocycles. The lowest BCUT2D eigenvalue weighted by atomic mass is 9.87. The molecule has 0 bridgehead atoms. The average Bonchev–Trinajstić information content (AvgIpc) is 2.38. The van der Waals surface area contributed by atoms with Crippen molar-refractivity contribution in [2.75, 3.05) is 19.6 Å². The highest BCUT2D eigenvalue weighted by molar-refractivity contribution is 9.10. The van der Waals surface area contributed by atoms with Gasteiger partial charge >= 0.3 is 0 Å². The van der Waals surface area contributed by atoms with Crippen molar-refractivity contribution >= 4 is 33.4 Å². The van der Waals surface area contributed by atoms with Gasteiger partial charge in [0, 0.05) is 22.6 Å². The second kappa shape index (κ2) is 6.25. The number of hydrogen-bond acceptors (Lipinski definition) is 2. The van der Waals surface area contributed by atoms with Crippen molar-refractivity contribution in [3.05, 3.63) is 33.3 Å². The SMILES string of the molecule is CC1CCN(C(=O)c2ccc(Cl)cc2Br)CC1CN. The molecule has 5 heteroatoms. The van der Waals surface area contributed by atoms with Gasteiger partial charge in [-0.1, -0.05) is 18.5 Å². The summed E-state index contributed by atoms with van der Waals surface area (Å²) in [7, 11) is 0. The molecule has 1 amide bonds. The minimum absolute atomic E-state index is 0.0499. The van der Waals surface area contributed by atoms with Gasteiger partial charge in [0.25, 0.3) is 5.91 Å². The standard InChI is InChI=1S/C14H18BrClN2O/c1-9-4-5-18(8-10(9)7-17)14(19)12-3-2-11(16)6-13(12)15/h2-3,6,9-10H,4-5,7-8,17H2,1H3. The van der Waals surface area contributed by atoms with Crippen molar-refractivity contribution < 1.29 is 4.79 Å². The van der Waals surface area contributed by atoms with Crippen LogP contribution in [0.3, 0.4) is 0 Å². The maximum absolute atomic E-state index is 12.5. The lowest BCUT2D eigenvalue weighted by Gasteiger charge is -2.36. The fourth-order valence-corrected chi connectivity index (χ4v) is 3.33. The van der Waals surface area contributed by atoms with Crippen LogP contribution in [0.2, 0.25) is 5.02 Å². The summed E-state index contributed by atoms with van der Waals surface area (Å²) in [5.74, 6) is 1.03. The fourth-order valence-electron chi connectivity index (χ4n) is 2.47. The Morgan fingerprint density at radius 3 is 2.95 bits per heavy atom. The Morgan fingerprint density at radius 1 is 1.58 bits per heavy atom. The third kappa shape index (κ3) is 3.30. The molecule has 2 unspecified atom stereocenters. The first-order valence-electron chi connectivity index (χ1n) is 6.47. The quantitative estimate of drug-likeness (QED) is 0.895. The van der Waals surface area contributed by atoms with E-state index >= 15 is 0 Å². The van der Waals surface area contributed by atoms with Gasteiger partial charge < -0.3 is 10.6 Å². The molecule has 0 saturated carbocycles. The third-order valence-electron chi connectivity index (χ3n) is 3.87. The van der Waals surface area contributed by atoms with E-state index in [1.807, 2.05) is 4.90 Å². The summed E-state index contributed by atoms with van der Waals surface area (Å²) in [5.41, 5.74) is 6.44. The lowest BCUT2D eigenvalue weighted by Crippen LogP contribution is -2.45. The highest BCUT2D eigenvalue weighted by Gasteiger charge is 2.29. The summed E-state index contributed by atoms with van der Waals surface area (Å²) in [6, 6.07) is 5.26. The van der Waals surface area contributed by atoms with Crippen molar-refractivity contribution in [1.29, 1.82) is 0 Å². The summed E-state index contributed by atoms with van der Waals surface area (Å²) < 4.78 is 0.743. The molecule has 1 saturated heterocycles. The van der Waals surface area contributed by atoms with Gasteiger partial charge in [-0.15, -0.1) is 0 Å². The number of halogens is 2. The van der Waals surface area contributed by atoms with E-state index in [1.165, 1.54) is 0 Å². The number of carbonyl (C=O) groups excluding carboxylic acids is 1. The van der Waals surface area contributed by atoms with Gasteiger partial charge in [-0.2, -0.15) is 0 Å². The van der Waals surface area contributed by atoms with Crippen molar-refractivity contribution in [2.24, 2.45) is 17.6 Å². The Bertz CT molecular complexity index is 481. The molecule has 2 atom stereocenters. The van der Waals surface area contributed by atoms with Crippen LogP contribution in [0.5, 0.6) is 0 Å². The zero-order chi connectivity index (χ0) is 14.0. The zero-order valence-electron chi connectivity index (χ0n) is 10.9. The van der Waals surface area contributed by atoms with E-state index in [-0.39, 0.29) is 5.91 Å². The topological polar surface area (TPSA) is 46.3 Å². The Kier molecular flexibility index (Phi) is 4.87. The number of carbonyl (C=O) groups is 1. The van der Waals surface area contributed by atoms with Crippen LogP contribution >= 0.6 is 27.5 Å². The number of rotatable bonds is 2. The molecule has 1 aromatic carbocycles. The predicted octanol–water partition coefficient (Wildman–Crippen LogP) is 3.16. The number of nitrogens with zero attached hydrogens (tertiary/aromatic N) is 1. The molecule has 1 fully saturated rings. The summed E-state index contributed by atoms with van der Waals surface area (Å²) in [5, 5.41) is 0.621. The Labute approximate surface area is 127 Å². The van der Waals surface area contributed by atoms with Crippen LogP contribution in [0.1, 0.15) is 23.7 Å². The molecular formula is C14H18BrClN2O. The van der Waals surface area contributed by atoms with Crippen molar-refractivity contribution in [2.45, 2.75) is 13.3 Å². The third-order valence-corrected chi connectivity index (χ3v) is 4.76. The van der Waals surface area contributed by atoms with Gasteiger partial charge in [0.05, 0.1) is 5.56 Å². The van der Waals surface area contributed by atoms with Crippen molar-refractivity contribution in [3.63, 3.8) is 0 Å². The van der Waals surface area contributed by atoms with Crippen LogP contribution in [0.15, 0.2) is 22.7 Å². The first-order chi connectivity index (χ1) is 9.02. The van der Waals surface area contributed by atoms with E-state index in [0.29, 0.717) is 29.0 Å². The van der Waals surface area contributed by atoms with E-state index in [1.54, 1.807) is 18.2 Å². The average molecular weight is 346 g/mol. The van der Waals surface area contributed by atoms with Gasteiger partial charge in [-0.3, -0.25) is 4.79 Å². The van der Waals surface area contributed by atoms with Gasteiger partial charge in [0.1, 0.15) is 0 Å². The van der Waals surface area contributed by atoms with Gasteiger partial charge in [-0.25, -0.2) is 0 Å². The van der Waals surface area contributed by atoms with Crippen LogP contribution in [-0.2, 0) is 0 Å². The van der Waals surface area contributed by atoms with Crippen molar-refractivity contribution in [3.8, 4) is 0 Å². The Balaban J connectivity index is 2.15. The molecule has 2 rings (SSSR count). The number of nitrogens with two attached hydrogens (primary N) is 1. The number of piperidine rings is 1. The van der Waals surface area contributed by atoms with Crippen LogP contribution < -0.4 is 5.73 Å². The molecule has 104 valence electrons. The smallest absolute Gasteiger partial charge is 0.255 e. The van der Waals surface area contributed by atoms with E-state index in [9.17, 15) is 4.79 Å². The van der Waals surface area contributed by atoms with Crippen LogP contribution in [0.4, 0.5) is 0 Å². The molecule has 1 aliphatic rings. The number of benzene rings is 1.